The molecule has 1 unspecified atom stereocenters. The number of aryl methyl sites for hydroxylation is 2. The number of hydrogen-bond acceptors (Lipinski definition) is 6. The number of ether oxygens (including phenoxy) is 3. The van der Waals surface area contributed by atoms with Crippen LogP contribution in [0.2, 0.25) is 0 Å². The first-order valence-corrected chi connectivity index (χ1v) is 9.60. The van der Waals surface area contributed by atoms with E-state index in [0.29, 0.717) is 43.4 Å². The van der Waals surface area contributed by atoms with Crippen molar-refractivity contribution < 1.29 is 19.0 Å². The van der Waals surface area contributed by atoms with Gasteiger partial charge in [-0.1, -0.05) is 19.1 Å². The molecule has 152 valence electrons. The quantitative estimate of drug-likeness (QED) is 0.363. The van der Waals surface area contributed by atoms with E-state index in [9.17, 15) is 4.79 Å². The van der Waals surface area contributed by atoms with Crippen molar-refractivity contribution in [2.75, 3.05) is 30.9 Å². The fourth-order valence-electron chi connectivity index (χ4n) is 2.70. The predicted octanol–water partition coefficient (Wildman–Crippen LogP) is 4.10. The molecular formula is C22H30N2O4. The van der Waals surface area contributed by atoms with Crippen LogP contribution in [-0.4, -0.2) is 31.8 Å². The van der Waals surface area contributed by atoms with Gasteiger partial charge in [-0.05, 0) is 62.6 Å². The van der Waals surface area contributed by atoms with Crippen LogP contribution in [0.1, 0.15) is 31.4 Å². The van der Waals surface area contributed by atoms with Crippen molar-refractivity contribution in [3.8, 4) is 11.5 Å². The highest BCUT2D eigenvalue weighted by atomic mass is 16.5. The van der Waals surface area contributed by atoms with E-state index in [1.165, 1.54) is 0 Å². The van der Waals surface area contributed by atoms with Crippen LogP contribution in [0.25, 0.3) is 0 Å². The average molecular weight is 386 g/mol. The Morgan fingerprint density at radius 2 is 1.61 bits per heavy atom. The highest BCUT2D eigenvalue weighted by molar-refractivity contribution is 5.80. The van der Waals surface area contributed by atoms with Crippen LogP contribution in [0, 0.1) is 13.8 Å². The van der Waals surface area contributed by atoms with Gasteiger partial charge in [0.25, 0.3) is 0 Å². The van der Waals surface area contributed by atoms with E-state index in [1.807, 2.05) is 57.2 Å². The second-order valence-corrected chi connectivity index (χ2v) is 6.60. The summed E-state index contributed by atoms with van der Waals surface area (Å²) in [6, 6.07) is 11.1. The zero-order chi connectivity index (χ0) is 20.5. The number of esters is 1. The predicted molar refractivity (Wildman–Crippen MR) is 112 cm³/mol. The first-order valence-electron chi connectivity index (χ1n) is 9.60. The summed E-state index contributed by atoms with van der Waals surface area (Å²) in [4.78, 5) is 12.1. The van der Waals surface area contributed by atoms with Crippen LogP contribution < -0.4 is 20.5 Å². The van der Waals surface area contributed by atoms with Crippen LogP contribution in [0.15, 0.2) is 36.4 Å². The molecule has 2 aromatic rings. The molecule has 0 heterocycles. The molecular weight excluding hydrogens is 356 g/mol. The molecule has 0 spiro atoms. The summed E-state index contributed by atoms with van der Waals surface area (Å²) in [5.74, 6) is 1.05. The Bertz CT molecular complexity index is 792. The third-order valence-corrected chi connectivity index (χ3v) is 4.21. The number of carbonyl (C=O) groups excluding carboxylic acids is 1. The molecule has 1 atom stereocenters. The SMILES string of the molecule is CCOC(=O)C(CC)Nc1ccc(C)cc1OCCOc1cc(C)ccc1N. The molecule has 0 aliphatic rings. The third kappa shape index (κ3) is 6.08. The molecule has 0 saturated heterocycles. The highest BCUT2D eigenvalue weighted by Crippen LogP contribution is 2.27. The first-order chi connectivity index (χ1) is 13.4. The summed E-state index contributed by atoms with van der Waals surface area (Å²) in [7, 11) is 0. The minimum Gasteiger partial charge on any atom is -0.488 e. The molecule has 0 saturated carbocycles. The first kappa shape index (κ1) is 21.4. The van der Waals surface area contributed by atoms with Gasteiger partial charge in [0.15, 0.2) is 0 Å². The molecule has 2 rings (SSSR count). The van der Waals surface area contributed by atoms with Gasteiger partial charge in [0, 0.05) is 0 Å². The second kappa shape index (κ2) is 10.4. The number of carbonyl (C=O) groups is 1. The third-order valence-electron chi connectivity index (χ3n) is 4.21. The topological polar surface area (TPSA) is 82.8 Å². The molecule has 0 radical (unpaired) electrons. The number of nitrogen functional groups attached to an aromatic ring is 1. The maximum atomic E-state index is 12.1. The lowest BCUT2D eigenvalue weighted by Gasteiger charge is -2.20. The zero-order valence-electron chi connectivity index (χ0n) is 17.1. The lowest BCUT2D eigenvalue weighted by atomic mass is 10.1. The summed E-state index contributed by atoms with van der Waals surface area (Å²) in [5, 5.41) is 3.22. The van der Waals surface area contributed by atoms with E-state index in [1.54, 1.807) is 6.92 Å². The van der Waals surface area contributed by atoms with Crippen molar-refractivity contribution >= 4 is 17.3 Å². The molecule has 0 amide bonds. The lowest BCUT2D eigenvalue weighted by molar-refractivity contribution is -0.144. The number of hydrogen-bond donors (Lipinski definition) is 2. The molecule has 0 aromatic heterocycles. The number of nitrogens with one attached hydrogen (secondary N) is 1. The van der Waals surface area contributed by atoms with E-state index < -0.39 is 6.04 Å². The molecule has 0 aliphatic heterocycles. The standard InChI is InChI=1S/C22H30N2O4/c1-5-18(22(25)26-6-2)24-19-10-8-16(4)14-21(19)28-12-11-27-20-13-15(3)7-9-17(20)23/h7-10,13-14,18,24H,5-6,11-12,23H2,1-4H3. The summed E-state index contributed by atoms with van der Waals surface area (Å²) in [6.45, 7) is 8.77. The molecule has 6 heteroatoms. The Morgan fingerprint density at radius 1 is 1.00 bits per heavy atom. The normalized spacial score (nSPS) is 11.6. The van der Waals surface area contributed by atoms with Gasteiger partial charge in [-0.2, -0.15) is 0 Å². The van der Waals surface area contributed by atoms with Crippen LogP contribution in [0.5, 0.6) is 11.5 Å². The fourth-order valence-corrected chi connectivity index (χ4v) is 2.70. The number of nitrogens with two attached hydrogens (primary N) is 1. The summed E-state index contributed by atoms with van der Waals surface area (Å²) in [6.07, 6.45) is 0.613. The van der Waals surface area contributed by atoms with Crippen molar-refractivity contribution in [2.24, 2.45) is 0 Å². The molecule has 0 aliphatic carbocycles. The summed E-state index contributed by atoms with van der Waals surface area (Å²) >= 11 is 0. The van der Waals surface area contributed by atoms with Gasteiger partial charge < -0.3 is 25.3 Å². The van der Waals surface area contributed by atoms with Gasteiger partial charge in [-0.3, -0.25) is 0 Å². The highest BCUT2D eigenvalue weighted by Gasteiger charge is 2.19. The average Bonchev–Trinajstić information content (AvgIpc) is 2.67. The maximum absolute atomic E-state index is 12.1. The fraction of sp³-hybridized carbons (Fsp3) is 0.409. The van der Waals surface area contributed by atoms with Crippen LogP contribution >= 0.6 is 0 Å². The van der Waals surface area contributed by atoms with Gasteiger partial charge >= 0.3 is 5.97 Å². The Labute approximate surface area is 167 Å². The van der Waals surface area contributed by atoms with Crippen molar-refractivity contribution in [1.29, 1.82) is 0 Å². The van der Waals surface area contributed by atoms with Gasteiger partial charge in [0.2, 0.25) is 0 Å². The van der Waals surface area contributed by atoms with Crippen LogP contribution in [0.3, 0.4) is 0 Å². The Morgan fingerprint density at radius 3 is 2.25 bits per heavy atom. The summed E-state index contributed by atoms with van der Waals surface area (Å²) in [5.41, 5.74) is 9.43. The van der Waals surface area contributed by atoms with Crippen LogP contribution in [0.4, 0.5) is 11.4 Å². The van der Waals surface area contributed by atoms with Crippen molar-refractivity contribution in [2.45, 2.75) is 40.2 Å². The maximum Gasteiger partial charge on any atom is 0.328 e. The van der Waals surface area contributed by atoms with Crippen molar-refractivity contribution in [3.05, 3.63) is 47.5 Å². The molecule has 6 nitrogen and oxygen atoms in total. The van der Waals surface area contributed by atoms with Crippen LogP contribution in [-0.2, 0) is 9.53 Å². The minimum atomic E-state index is -0.423. The molecule has 0 bridgehead atoms. The Kier molecular flexibility index (Phi) is 7.99. The molecule has 0 fully saturated rings. The zero-order valence-corrected chi connectivity index (χ0v) is 17.1. The monoisotopic (exact) mass is 386 g/mol. The number of anilines is 2. The van der Waals surface area contributed by atoms with Gasteiger partial charge in [0.05, 0.1) is 18.0 Å². The van der Waals surface area contributed by atoms with Gasteiger partial charge in [0.1, 0.15) is 30.8 Å². The van der Waals surface area contributed by atoms with Crippen molar-refractivity contribution in [3.63, 3.8) is 0 Å². The summed E-state index contributed by atoms with van der Waals surface area (Å²) < 4.78 is 16.8. The lowest BCUT2D eigenvalue weighted by Crippen LogP contribution is -2.31. The van der Waals surface area contributed by atoms with E-state index >= 15 is 0 Å². The van der Waals surface area contributed by atoms with E-state index in [0.717, 1.165) is 16.8 Å². The molecule has 28 heavy (non-hydrogen) atoms. The van der Waals surface area contributed by atoms with Gasteiger partial charge in [-0.15, -0.1) is 0 Å². The largest absolute Gasteiger partial charge is 0.488 e. The number of benzene rings is 2. The van der Waals surface area contributed by atoms with E-state index in [4.69, 9.17) is 19.9 Å². The smallest absolute Gasteiger partial charge is 0.328 e. The molecule has 2 aromatic carbocycles. The Balaban J connectivity index is 1.99. The minimum absolute atomic E-state index is 0.269. The second-order valence-electron chi connectivity index (χ2n) is 6.60. The molecule has 3 N–H and O–H groups in total. The van der Waals surface area contributed by atoms with Crippen molar-refractivity contribution in [1.82, 2.24) is 0 Å². The number of rotatable bonds is 10. The van der Waals surface area contributed by atoms with E-state index in [2.05, 4.69) is 5.32 Å². The Hall–Kier alpha value is -2.89. The van der Waals surface area contributed by atoms with Gasteiger partial charge in [-0.25, -0.2) is 4.79 Å². The van der Waals surface area contributed by atoms with E-state index in [-0.39, 0.29) is 5.97 Å².